The normalized spacial score (nSPS) is 11.8. The summed E-state index contributed by atoms with van der Waals surface area (Å²) in [4.78, 5) is 22.9. The van der Waals surface area contributed by atoms with Crippen LogP contribution in [0.2, 0.25) is 0 Å². The topological polar surface area (TPSA) is 103 Å². The molecule has 0 aliphatic rings. The summed E-state index contributed by atoms with van der Waals surface area (Å²) >= 11 is 0.953. The number of nitrogens with zero attached hydrogens (tertiary/aromatic N) is 3. The minimum Gasteiger partial charge on any atom is -0.351 e. The number of hydrogen-bond donors (Lipinski definition) is 2. The molecule has 0 unspecified atom stereocenters. The Labute approximate surface area is 162 Å². The highest BCUT2D eigenvalue weighted by Gasteiger charge is 2.24. The van der Waals surface area contributed by atoms with E-state index in [0.29, 0.717) is 11.4 Å². The number of amides is 3. The number of primary amides is 1. The summed E-state index contributed by atoms with van der Waals surface area (Å²) in [5, 5.41) is 9.55. The largest absolute Gasteiger partial charge is 0.351 e. The van der Waals surface area contributed by atoms with Gasteiger partial charge in [0.15, 0.2) is 11.0 Å². The molecule has 144 valence electrons. The zero-order valence-corrected chi connectivity index (χ0v) is 15.4. The number of benzene rings is 2. The molecule has 0 fully saturated rings. The average molecular weight is 403 g/mol. The van der Waals surface area contributed by atoms with E-state index in [0.717, 1.165) is 23.9 Å². The predicted octanol–water partition coefficient (Wildman–Crippen LogP) is 2.89. The first-order valence-electron chi connectivity index (χ1n) is 8.10. The van der Waals surface area contributed by atoms with Gasteiger partial charge >= 0.3 is 6.03 Å². The van der Waals surface area contributed by atoms with Crippen LogP contribution in [0.3, 0.4) is 0 Å². The third-order valence-electron chi connectivity index (χ3n) is 3.71. The van der Waals surface area contributed by atoms with E-state index in [-0.39, 0.29) is 10.8 Å². The number of carbonyl (C=O) groups excluding carboxylic acids is 2. The van der Waals surface area contributed by atoms with Gasteiger partial charge in [-0.05, 0) is 19.1 Å². The van der Waals surface area contributed by atoms with Crippen molar-refractivity contribution in [2.45, 2.75) is 17.3 Å². The number of aromatic nitrogens is 3. The zero-order valence-electron chi connectivity index (χ0n) is 14.6. The lowest BCUT2D eigenvalue weighted by molar-refractivity contribution is -0.119. The number of urea groups is 1. The van der Waals surface area contributed by atoms with Crippen molar-refractivity contribution in [3.63, 3.8) is 0 Å². The molecule has 0 saturated carbocycles. The molecule has 3 aromatic rings. The van der Waals surface area contributed by atoms with Gasteiger partial charge in [0.2, 0.25) is 5.91 Å². The Kier molecular flexibility index (Phi) is 5.69. The fourth-order valence-electron chi connectivity index (χ4n) is 2.43. The molecule has 10 heteroatoms. The summed E-state index contributed by atoms with van der Waals surface area (Å²) in [6.45, 7) is 1.53. The Morgan fingerprint density at radius 1 is 1.14 bits per heavy atom. The van der Waals surface area contributed by atoms with Gasteiger partial charge < -0.3 is 5.73 Å². The van der Waals surface area contributed by atoms with Crippen molar-refractivity contribution in [2.75, 3.05) is 0 Å². The van der Waals surface area contributed by atoms with Gasteiger partial charge in [-0.15, -0.1) is 10.2 Å². The monoisotopic (exact) mass is 403 g/mol. The number of rotatable bonds is 5. The minimum atomic E-state index is -0.978. The number of carbonyl (C=O) groups is 2. The SMILES string of the molecule is C[C@H](Sc1nnc(-c2ccccc2)n1-c1ccc(F)cc1F)C(=O)NC(N)=O. The number of halogens is 2. The highest BCUT2D eigenvalue weighted by atomic mass is 32.2. The summed E-state index contributed by atoms with van der Waals surface area (Å²) in [6.07, 6.45) is 0. The first-order chi connectivity index (χ1) is 13.4. The molecular weight excluding hydrogens is 388 g/mol. The molecule has 0 bridgehead atoms. The third-order valence-corrected chi connectivity index (χ3v) is 4.76. The van der Waals surface area contributed by atoms with E-state index in [1.54, 1.807) is 24.3 Å². The summed E-state index contributed by atoms with van der Waals surface area (Å²) in [6, 6.07) is 11.1. The predicted molar refractivity (Wildman–Crippen MR) is 99.8 cm³/mol. The van der Waals surface area contributed by atoms with E-state index in [1.807, 2.05) is 11.4 Å². The molecule has 3 amide bonds. The second-order valence-corrected chi connectivity index (χ2v) is 7.02. The van der Waals surface area contributed by atoms with Crippen LogP contribution in [0, 0.1) is 11.6 Å². The van der Waals surface area contributed by atoms with Crippen LogP contribution in [-0.4, -0.2) is 32.0 Å². The van der Waals surface area contributed by atoms with Crippen LogP contribution in [0.1, 0.15) is 6.92 Å². The molecule has 1 heterocycles. The van der Waals surface area contributed by atoms with E-state index in [1.165, 1.54) is 17.6 Å². The van der Waals surface area contributed by atoms with Crippen LogP contribution < -0.4 is 11.1 Å². The molecule has 0 aliphatic heterocycles. The Balaban J connectivity index is 2.07. The Bertz CT molecular complexity index is 1030. The fourth-order valence-corrected chi connectivity index (χ4v) is 3.30. The van der Waals surface area contributed by atoms with Crippen LogP contribution in [0.25, 0.3) is 17.1 Å². The highest BCUT2D eigenvalue weighted by molar-refractivity contribution is 8.00. The number of thioether (sulfide) groups is 1. The smallest absolute Gasteiger partial charge is 0.318 e. The van der Waals surface area contributed by atoms with E-state index in [2.05, 4.69) is 10.2 Å². The molecule has 1 aromatic heterocycles. The standard InChI is InChI=1S/C18H15F2N5O2S/c1-10(16(26)22-17(21)27)28-18-24-23-15(11-5-3-2-4-6-11)25(18)14-8-7-12(19)9-13(14)20/h2-10H,1H3,(H3,21,22,26,27)/t10-/m0/s1. The second kappa shape index (κ2) is 8.17. The number of imide groups is 1. The molecule has 0 saturated heterocycles. The Morgan fingerprint density at radius 3 is 2.50 bits per heavy atom. The number of nitrogens with one attached hydrogen (secondary N) is 1. The lowest BCUT2D eigenvalue weighted by Gasteiger charge is -2.13. The molecule has 3 N–H and O–H groups in total. The van der Waals surface area contributed by atoms with Crippen molar-refractivity contribution in [3.05, 3.63) is 60.2 Å². The van der Waals surface area contributed by atoms with Crippen molar-refractivity contribution in [2.24, 2.45) is 5.73 Å². The van der Waals surface area contributed by atoms with Gasteiger partial charge in [0.25, 0.3) is 0 Å². The van der Waals surface area contributed by atoms with Crippen molar-refractivity contribution in [1.29, 1.82) is 0 Å². The summed E-state index contributed by atoms with van der Waals surface area (Å²) in [7, 11) is 0. The van der Waals surface area contributed by atoms with E-state index < -0.39 is 28.8 Å². The number of hydrogen-bond acceptors (Lipinski definition) is 5. The van der Waals surface area contributed by atoms with Gasteiger partial charge in [0.1, 0.15) is 11.6 Å². The lowest BCUT2D eigenvalue weighted by atomic mass is 10.2. The van der Waals surface area contributed by atoms with Gasteiger partial charge in [-0.1, -0.05) is 42.1 Å². The summed E-state index contributed by atoms with van der Waals surface area (Å²) < 4.78 is 29.3. The van der Waals surface area contributed by atoms with Gasteiger partial charge in [-0.25, -0.2) is 13.6 Å². The first kappa shape index (κ1) is 19.5. The first-order valence-corrected chi connectivity index (χ1v) is 8.98. The highest BCUT2D eigenvalue weighted by Crippen LogP contribution is 2.31. The van der Waals surface area contributed by atoms with Crippen LogP contribution in [-0.2, 0) is 4.79 Å². The average Bonchev–Trinajstić information content (AvgIpc) is 3.05. The van der Waals surface area contributed by atoms with Gasteiger partial charge in [-0.2, -0.15) is 0 Å². The lowest BCUT2D eigenvalue weighted by Crippen LogP contribution is -2.39. The Hall–Kier alpha value is -3.27. The molecule has 3 rings (SSSR count). The third kappa shape index (κ3) is 4.17. The summed E-state index contributed by atoms with van der Waals surface area (Å²) in [5.41, 5.74) is 5.64. The van der Waals surface area contributed by atoms with E-state index >= 15 is 0 Å². The maximum absolute atomic E-state index is 14.5. The van der Waals surface area contributed by atoms with Crippen molar-refractivity contribution >= 4 is 23.7 Å². The minimum absolute atomic E-state index is 0.0234. The van der Waals surface area contributed by atoms with Crippen molar-refractivity contribution < 1.29 is 18.4 Å². The quantitative estimate of drug-likeness (QED) is 0.638. The molecule has 28 heavy (non-hydrogen) atoms. The summed E-state index contributed by atoms with van der Waals surface area (Å²) in [5.74, 6) is -1.85. The van der Waals surface area contributed by atoms with Gasteiger partial charge in [0.05, 0.1) is 10.9 Å². The number of nitrogens with two attached hydrogens (primary N) is 1. The molecule has 0 spiro atoms. The van der Waals surface area contributed by atoms with Gasteiger partial charge in [0, 0.05) is 11.6 Å². The Morgan fingerprint density at radius 2 is 1.86 bits per heavy atom. The molecule has 0 radical (unpaired) electrons. The molecule has 1 atom stereocenters. The molecular formula is C18H15F2N5O2S. The molecule has 2 aromatic carbocycles. The molecule has 0 aliphatic carbocycles. The van der Waals surface area contributed by atoms with E-state index in [4.69, 9.17) is 5.73 Å². The van der Waals surface area contributed by atoms with E-state index in [9.17, 15) is 18.4 Å². The second-order valence-electron chi connectivity index (χ2n) is 5.72. The molecule has 7 nitrogen and oxygen atoms in total. The maximum Gasteiger partial charge on any atom is 0.318 e. The maximum atomic E-state index is 14.5. The van der Waals surface area contributed by atoms with Crippen LogP contribution in [0.5, 0.6) is 0 Å². The van der Waals surface area contributed by atoms with Gasteiger partial charge in [-0.3, -0.25) is 14.7 Å². The fraction of sp³-hybridized carbons (Fsp3) is 0.111. The van der Waals surface area contributed by atoms with Crippen LogP contribution >= 0.6 is 11.8 Å². The zero-order chi connectivity index (χ0) is 20.3. The van der Waals surface area contributed by atoms with Crippen LogP contribution in [0.4, 0.5) is 13.6 Å². The van der Waals surface area contributed by atoms with Crippen molar-refractivity contribution in [1.82, 2.24) is 20.1 Å². The van der Waals surface area contributed by atoms with Crippen LogP contribution in [0.15, 0.2) is 53.7 Å². The van der Waals surface area contributed by atoms with Crippen molar-refractivity contribution in [3.8, 4) is 17.1 Å².